The Labute approximate surface area is 298 Å². The molecular formula is C48H30N2O2. The van der Waals surface area contributed by atoms with E-state index in [0.717, 1.165) is 66.1 Å². The van der Waals surface area contributed by atoms with E-state index in [1.807, 2.05) is 97.1 Å². The summed E-state index contributed by atoms with van der Waals surface area (Å²) in [6.45, 7) is 0. The van der Waals surface area contributed by atoms with Crippen LogP contribution in [0.15, 0.2) is 179 Å². The van der Waals surface area contributed by atoms with Crippen LogP contribution in [0.4, 0.5) is 0 Å². The number of fused-ring (bicyclic) bond motifs is 6. The summed E-state index contributed by atoms with van der Waals surface area (Å²) >= 11 is 0. The second kappa shape index (κ2) is 11.8. The number of hydrogen-bond donors (Lipinski definition) is 0. The first-order chi connectivity index (χ1) is 25.6. The van der Waals surface area contributed by atoms with Crippen LogP contribution in [-0.4, -0.2) is 9.13 Å². The summed E-state index contributed by atoms with van der Waals surface area (Å²) in [6, 6.07) is 57.4. The molecule has 0 spiro atoms. The second-order valence-electron chi connectivity index (χ2n) is 13.3. The van der Waals surface area contributed by atoms with Gasteiger partial charge in [-0.15, -0.1) is 0 Å². The van der Waals surface area contributed by atoms with E-state index in [9.17, 15) is 9.59 Å². The Morgan fingerprint density at radius 1 is 0.327 bits per heavy atom. The summed E-state index contributed by atoms with van der Waals surface area (Å²) in [5, 5.41) is 7.42. The molecule has 2 heterocycles. The maximum atomic E-state index is 13.3. The molecule has 0 aliphatic carbocycles. The highest BCUT2D eigenvalue weighted by Gasteiger charge is 2.14. The molecule has 0 N–H and O–H groups in total. The third-order valence-corrected chi connectivity index (χ3v) is 10.2. The second-order valence-corrected chi connectivity index (χ2v) is 13.3. The zero-order chi connectivity index (χ0) is 34.8. The molecule has 4 nitrogen and oxygen atoms in total. The standard InChI is InChI=1S/C48H30N2O2/c51-47-39-9-1-5-13-43(39)49(44-14-6-2-10-40(44)47)37-25-23-33-27-31(19-21-35(33)29-37)17-18-32-20-22-36-30-38(26-24-34(36)28-32)50-45-15-7-3-11-41(45)48(52)42-12-4-8-16-46(42)50/h1-30H. The van der Waals surface area contributed by atoms with E-state index >= 15 is 0 Å². The van der Waals surface area contributed by atoms with Gasteiger partial charge in [-0.25, -0.2) is 0 Å². The van der Waals surface area contributed by atoms with Crippen LogP contribution in [-0.2, 0) is 0 Å². The molecule has 4 heteroatoms. The Kier molecular flexibility index (Phi) is 6.76. The molecule has 52 heavy (non-hydrogen) atoms. The fourth-order valence-corrected chi connectivity index (χ4v) is 7.73. The number of aromatic nitrogens is 2. The quantitative estimate of drug-likeness (QED) is 0.139. The van der Waals surface area contributed by atoms with Crippen LogP contribution in [0.5, 0.6) is 0 Å². The predicted octanol–water partition coefficient (Wildman–Crippen LogP) is 11.1. The summed E-state index contributed by atoms with van der Waals surface area (Å²) < 4.78 is 4.38. The fraction of sp³-hybridized carbons (Fsp3) is 0. The number of rotatable bonds is 4. The zero-order valence-electron chi connectivity index (χ0n) is 28.0. The first kappa shape index (κ1) is 29.8. The molecule has 0 fully saturated rings. The van der Waals surface area contributed by atoms with Crippen LogP contribution in [0.3, 0.4) is 0 Å². The monoisotopic (exact) mass is 666 g/mol. The molecule has 0 bridgehead atoms. The molecule has 0 aliphatic heterocycles. The molecule has 0 amide bonds. The summed E-state index contributed by atoms with van der Waals surface area (Å²) in [5.41, 5.74) is 7.98. The van der Waals surface area contributed by atoms with Crippen molar-refractivity contribution in [3.63, 3.8) is 0 Å². The summed E-state index contributed by atoms with van der Waals surface area (Å²) in [7, 11) is 0. The van der Waals surface area contributed by atoms with Crippen molar-refractivity contribution < 1.29 is 0 Å². The van der Waals surface area contributed by atoms with Gasteiger partial charge in [-0.1, -0.05) is 97.1 Å². The van der Waals surface area contributed by atoms with E-state index in [1.54, 1.807) is 0 Å². The Morgan fingerprint density at radius 3 is 1.00 bits per heavy atom. The highest BCUT2D eigenvalue weighted by Crippen LogP contribution is 2.29. The van der Waals surface area contributed by atoms with Crippen molar-refractivity contribution in [2.75, 3.05) is 0 Å². The van der Waals surface area contributed by atoms with Crippen molar-refractivity contribution in [1.82, 2.24) is 9.13 Å². The van der Waals surface area contributed by atoms with E-state index < -0.39 is 0 Å². The third kappa shape index (κ3) is 4.77. The van der Waals surface area contributed by atoms with E-state index in [4.69, 9.17) is 0 Å². The summed E-state index contributed by atoms with van der Waals surface area (Å²) in [6.07, 6.45) is 4.31. The van der Waals surface area contributed by atoms with Crippen molar-refractivity contribution in [2.45, 2.75) is 0 Å². The van der Waals surface area contributed by atoms with Gasteiger partial charge in [-0.05, 0) is 118 Å². The lowest BCUT2D eigenvalue weighted by Gasteiger charge is -2.16. The molecule has 0 aliphatic rings. The van der Waals surface area contributed by atoms with Gasteiger partial charge in [0.1, 0.15) is 0 Å². The molecule has 10 aromatic rings. The molecule has 0 saturated heterocycles. The van der Waals surface area contributed by atoms with Gasteiger partial charge in [-0.3, -0.25) is 9.59 Å². The van der Waals surface area contributed by atoms with E-state index in [-0.39, 0.29) is 10.9 Å². The average Bonchev–Trinajstić information content (AvgIpc) is 3.20. The van der Waals surface area contributed by atoms with Gasteiger partial charge < -0.3 is 9.13 Å². The van der Waals surface area contributed by atoms with Crippen LogP contribution < -0.4 is 10.9 Å². The fourth-order valence-electron chi connectivity index (χ4n) is 7.73. The minimum Gasteiger partial charge on any atom is -0.309 e. The van der Waals surface area contributed by atoms with Crippen LogP contribution in [0.1, 0.15) is 11.1 Å². The Morgan fingerprint density at radius 2 is 0.635 bits per heavy atom. The maximum Gasteiger partial charge on any atom is 0.197 e. The van der Waals surface area contributed by atoms with Crippen LogP contribution >= 0.6 is 0 Å². The summed E-state index contributed by atoms with van der Waals surface area (Å²) in [4.78, 5) is 26.6. The highest BCUT2D eigenvalue weighted by atomic mass is 16.1. The summed E-state index contributed by atoms with van der Waals surface area (Å²) in [5.74, 6) is 0. The largest absolute Gasteiger partial charge is 0.309 e. The number of hydrogen-bond acceptors (Lipinski definition) is 2. The predicted molar refractivity (Wildman–Crippen MR) is 218 cm³/mol. The van der Waals surface area contributed by atoms with Gasteiger partial charge in [-0.2, -0.15) is 0 Å². The van der Waals surface area contributed by atoms with Gasteiger partial charge in [0.05, 0.1) is 22.1 Å². The van der Waals surface area contributed by atoms with Gasteiger partial charge in [0, 0.05) is 32.9 Å². The molecule has 244 valence electrons. The van der Waals surface area contributed by atoms with E-state index in [0.29, 0.717) is 21.5 Å². The minimum absolute atomic E-state index is 0.0596. The molecule has 8 aromatic carbocycles. The van der Waals surface area contributed by atoms with Gasteiger partial charge in [0.2, 0.25) is 0 Å². The topological polar surface area (TPSA) is 44.0 Å². The number of nitrogens with zero attached hydrogens (tertiary/aromatic N) is 2. The minimum atomic E-state index is 0.0596. The van der Waals surface area contributed by atoms with Crippen molar-refractivity contribution in [3.8, 4) is 11.4 Å². The Bertz CT molecular complexity index is 2900. The lowest BCUT2D eigenvalue weighted by Crippen LogP contribution is -2.10. The molecule has 10 rings (SSSR count). The molecule has 0 unspecified atom stereocenters. The lowest BCUT2D eigenvalue weighted by molar-refractivity contribution is 1.17. The highest BCUT2D eigenvalue weighted by molar-refractivity contribution is 5.98. The average molecular weight is 667 g/mol. The van der Waals surface area contributed by atoms with Crippen molar-refractivity contribution in [3.05, 3.63) is 201 Å². The molecule has 0 atom stereocenters. The first-order valence-electron chi connectivity index (χ1n) is 17.4. The van der Waals surface area contributed by atoms with Crippen molar-refractivity contribution in [2.24, 2.45) is 0 Å². The van der Waals surface area contributed by atoms with Crippen molar-refractivity contribution >= 4 is 77.3 Å². The number of para-hydroxylation sites is 4. The third-order valence-electron chi connectivity index (χ3n) is 10.2. The molecule has 0 radical (unpaired) electrons. The smallest absolute Gasteiger partial charge is 0.197 e. The lowest BCUT2D eigenvalue weighted by atomic mass is 10.0. The first-order valence-corrected chi connectivity index (χ1v) is 17.4. The van der Waals surface area contributed by atoms with Crippen LogP contribution in [0, 0.1) is 0 Å². The normalized spacial score (nSPS) is 11.9. The Balaban J connectivity index is 0.982. The zero-order valence-corrected chi connectivity index (χ0v) is 28.0. The van der Waals surface area contributed by atoms with Gasteiger partial charge in [0.25, 0.3) is 0 Å². The number of pyridine rings is 2. The molecule has 0 saturated carbocycles. The van der Waals surface area contributed by atoms with Crippen LogP contribution in [0.25, 0.3) is 88.7 Å². The Hall–Kier alpha value is -7.04. The molecular weight excluding hydrogens is 637 g/mol. The maximum absolute atomic E-state index is 13.3. The number of benzene rings is 8. The SMILES string of the molecule is O=c1c2ccccc2n(-c2ccc3cc(C=Cc4ccc5cc(-n6c7ccccc7c(=O)c7ccccc76)ccc5c4)ccc3c2)c2ccccc12. The van der Waals surface area contributed by atoms with Crippen molar-refractivity contribution in [1.29, 1.82) is 0 Å². The van der Waals surface area contributed by atoms with Gasteiger partial charge >= 0.3 is 0 Å². The van der Waals surface area contributed by atoms with E-state index in [1.165, 1.54) is 0 Å². The van der Waals surface area contributed by atoms with Crippen LogP contribution in [0.2, 0.25) is 0 Å². The molecule has 2 aromatic heterocycles. The van der Waals surface area contributed by atoms with Gasteiger partial charge in [0.15, 0.2) is 10.9 Å². The van der Waals surface area contributed by atoms with E-state index in [2.05, 4.69) is 94.1 Å².